The fourth-order valence-electron chi connectivity index (χ4n) is 1.78. The van der Waals surface area contributed by atoms with Gasteiger partial charge in [-0.3, -0.25) is 5.32 Å². The van der Waals surface area contributed by atoms with Crippen molar-refractivity contribution in [3.05, 3.63) is 24.3 Å². The molecule has 0 aromatic heterocycles. The molecule has 7 heteroatoms. The number of amides is 1. The third-order valence-electron chi connectivity index (χ3n) is 2.79. The summed E-state index contributed by atoms with van der Waals surface area (Å²) in [7, 11) is -3.48. The van der Waals surface area contributed by atoms with Crippen LogP contribution in [0.2, 0.25) is 0 Å². The van der Waals surface area contributed by atoms with Gasteiger partial charge in [-0.2, -0.15) is 4.31 Å². The lowest BCUT2D eigenvalue weighted by Gasteiger charge is -2.18. The molecule has 6 nitrogen and oxygen atoms in total. The van der Waals surface area contributed by atoms with Gasteiger partial charge in [0.2, 0.25) is 10.0 Å². The Balaban J connectivity index is 2.85. The maximum Gasteiger partial charge on any atom is 0.411 e. The average molecular weight is 314 g/mol. The van der Waals surface area contributed by atoms with Gasteiger partial charge in [-0.1, -0.05) is 13.8 Å². The third-order valence-corrected chi connectivity index (χ3v) is 4.85. The molecule has 0 aliphatic carbocycles. The first-order valence-electron chi connectivity index (χ1n) is 6.89. The van der Waals surface area contributed by atoms with Crippen LogP contribution in [0.5, 0.6) is 0 Å². The lowest BCUT2D eigenvalue weighted by atomic mass is 10.3. The van der Waals surface area contributed by atoms with E-state index < -0.39 is 16.1 Å². The van der Waals surface area contributed by atoms with E-state index in [0.717, 1.165) is 0 Å². The quantitative estimate of drug-likeness (QED) is 0.876. The highest BCUT2D eigenvalue weighted by Gasteiger charge is 2.21. The van der Waals surface area contributed by atoms with Crippen molar-refractivity contribution in [2.45, 2.75) is 38.7 Å². The number of carbonyl (C=O) groups excluding carboxylic acids is 1. The normalized spacial score (nSPS) is 11.7. The Morgan fingerprint density at radius 3 is 2.14 bits per heavy atom. The van der Waals surface area contributed by atoms with E-state index in [2.05, 4.69) is 5.32 Å². The van der Waals surface area contributed by atoms with Crippen molar-refractivity contribution in [3.8, 4) is 0 Å². The van der Waals surface area contributed by atoms with Gasteiger partial charge in [0.15, 0.2) is 0 Å². The zero-order chi connectivity index (χ0) is 16.0. The molecule has 0 heterocycles. The summed E-state index contributed by atoms with van der Waals surface area (Å²) in [5.74, 6) is 0. The van der Waals surface area contributed by atoms with Gasteiger partial charge in [0, 0.05) is 18.8 Å². The van der Waals surface area contributed by atoms with Crippen molar-refractivity contribution >= 4 is 21.8 Å². The van der Waals surface area contributed by atoms with E-state index in [1.54, 1.807) is 27.7 Å². The molecule has 1 aromatic carbocycles. The maximum atomic E-state index is 12.3. The molecule has 118 valence electrons. The van der Waals surface area contributed by atoms with E-state index in [9.17, 15) is 13.2 Å². The first-order valence-corrected chi connectivity index (χ1v) is 8.33. The first-order chi connectivity index (χ1) is 9.81. The highest BCUT2D eigenvalue weighted by atomic mass is 32.2. The zero-order valence-electron chi connectivity index (χ0n) is 12.8. The van der Waals surface area contributed by atoms with Gasteiger partial charge in [0.1, 0.15) is 0 Å². The van der Waals surface area contributed by atoms with Gasteiger partial charge in [-0.15, -0.1) is 0 Å². The van der Waals surface area contributed by atoms with Crippen LogP contribution < -0.4 is 5.32 Å². The van der Waals surface area contributed by atoms with Crippen molar-refractivity contribution in [2.24, 2.45) is 0 Å². The smallest absolute Gasteiger partial charge is 0.411 e. The lowest BCUT2D eigenvalue weighted by molar-refractivity contribution is 0.130. The summed E-state index contributed by atoms with van der Waals surface area (Å²) in [6, 6.07) is 6.02. The number of sulfonamides is 1. The number of nitrogens with zero attached hydrogens (tertiary/aromatic N) is 1. The third kappa shape index (κ3) is 4.71. The SMILES string of the molecule is CCN(CC)S(=O)(=O)c1ccc(NC(=O)OC(C)C)cc1. The van der Waals surface area contributed by atoms with Crippen molar-refractivity contribution in [2.75, 3.05) is 18.4 Å². The zero-order valence-corrected chi connectivity index (χ0v) is 13.6. The van der Waals surface area contributed by atoms with Gasteiger partial charge in [0.25, 0.3) is 0 Å². The summed E-state index contributed by atoms with van der Waals surface area (Å²) in [6.45, 7) is 7.91. The van der Waals surface area contributed by atoms with Gasteiger partial charge >= 0.3 is 6.09 Å². The van der Waals surface area contributed by atoms with Crippen LogP contribution in [0, 0.1) is 0 Å². The van der Waals surface area contributed by atoms with Crippen molar-refractivity contribution in [1.82, 2.24) is 4.31 Å². The number of benzene rings is 1. The molecule has 0 aliphatic heterocycles. The molecule has 0 atom stereocenters. The minimum atomic E-state index is -3.48. The van der Waals surface area contributed by atoms with E-state index in [0.29, 0.717) is 18.8 Å². The molecule has 0 unspecified atom stereocenters. The molecule has 0 aliphatic rings. The summed E-state index contributed by atoms with van der Waals surface area (Å²) < 4.78 is 30.9. The molecule has 0 bridgehead atoms. The Morgan fingerprint density at radius 2 is 1.71 bits per heavy atom. The highest BCUT2D eigenvalue weighted by Crippen LogP contribution is 2.18. The Kier molecular flexibility index (Phi) is 6.17. The molecule has 1 rings (SSSR count). The average Bonchev–Trinajstić information content (AvgIpc) is 2.39. The van der Waals surface area contributed by atoms with Crippen LogP contribution in [0.4, 0.5) is 10.5 Å². The minimum Gasteiger partial charge on any atom is -0.447 e. The predicted octanol–water partition coefficient (Wildman–Crippen LogP) is 2.67. The summed E-state index contributed by atoms with van der Waals surface area (Å²) in [5.41, 5.74) is 0.485. The predicted molar refractivity (Wildman–Crippen MR) is 81.8 cm³/mol. The molecule has 0 spiro atoms. The number of rotatable bonds is 6. The van der Waals surface area contributed by atoms with E-state index in [1.165, 1.54) is 28.6 Å². The standard InChI is InChI=1S/C14H22N2O4S/c1-5-16(6-2)21(18,19)13-9-7-12(8-10-13)15-14(17)20-11(3)4/h7-11H,5-6H2,1-4H3,(H,15,17). The minimum absolute atomic E-state index is 0.203. The second-order valence-electron chi connectivity index (χ2n) is 4.69. The molecule has 1 amide bonds. The van der Waals surface area contributed by atoms with Crippen LogP contribution in [0.1, 0.15) is 27.7 Å². The van der Waals surface area contributed by atoms with Gasteiger partial charge < -0.3 is 4.74 Å². The van der Waals surface area contributed by atoms with Gasteiger partial charge in [0.05, 0.1) is 11.0 Å². The van der Waals surface area contributed by atoms with E-state index in [4.69, 9.17) is 4.74 Å². The fourth-order valence-corrected chi connectivity index (χ4v) is 3.24. The van der Waals surface area contributed by atoms with Crippen LogP contribution in [-0.2, 0) is 14.8 Å². The molecule has 0 fully saturated rings. The first kappa shape index (κ1) is 17.5. The van der Waals surface area contributed by atoms with Crippen LogP contribution in [-0.4, -0.2) is 38.0 Å². The Morgan fingerprint density at radius 1 is 1.19 bits per heavy atom. The largest absolute Gasteiger partial charge is 0.447 e. The van der Waals surface area contributed by atoms with Crippen LogP contribution in [0.25, 0.3) is 0 Å². The number of hydrogen-bond acceptors (Lipinski definition) is 4. The summed E-state index contributed by atoms with van der Waals surface area (Å²) in [6.07, 6.45) is -0.781. The van der Waals surface area contributed by atoms with Crippen molar-refractivity contribution < 1.29 is 17.9 Å². The molecule has 0 saturated heterocycles. The fraction of sp³-hybridized carbons (Fsp3) is 0.500. The topological polar surface area (TPSA) is 75.7 Å². The molecular formula is C14H22N2O4S. The summed E-state index contributed by atoms with van der Waals surface area (Å²) in [5, 5.41) is 2.54. The van der Waals surface area contributed by atoms with Gasteiger partial charge in [-0.05, 0) is 38.1 Å². The summed E-state index contributed by atoms with van der Waals surface area (Å²) >= 11 is 0. The number of nitrogens with one attached hydrogen (secondary N) is 1. The monoisotopic (exact) mass is 314 g/mol. The van der Waals surface area contributed by atoms with Crippen LogP contribution in [0.15, 0.2) is 29.2 Å². The molecular weight excluding hydrogens is 292 g/mol. The summed E-state index contributed by atoms with van der Waals surface area (Å²) in [4.78, 5) is 11.6. The number of anilines is 1. The Bertz CT molecular complexity index is 563. The molecule has 0 radical (unpaired) electrons. The maximum absolute atomic E-state index is 12.3. The van der Waals surface area contributed by atoms with E-state index in [1.807, 2.05) is 0 Å². The Hall–Kier alpha value is -1.60. The Labute approximate surface area is 126 Å². The number of ether oxygens (including phenoxy) is 1. The lowest BCUT2D eigenvalue weighted by Crippen LogP contribution is -2.30. The second-order valence-corrected chi connectivity index (χ2v) is 6.63. The molecule has 0 saturated carbocycles. The molecule has 1 N–H and O–H groups in total. The van der Waals surface area contributed by atoms with Crippen molar-refractivity contribution in [3.63, 3.8) is 0 Å². The van der Waals surface area contributed by atoms with E-state index >= 15 is 0 Å². The molecule has 1 aromatic rings. The van der Waals surface area contributed by atoms with Crippen LogP contribution >= 0.6 is 0 Å². The van der Waals surface area contributed by atoms with Crippen molar-refractivity contribution in [1.29, 1.82) is 0 Å². The number of carbonyl (C=O) groups is 1. The van der Waals surface area contributed by atoms with Crippen LogP contribution in [0.3, 0.4) is 0 Å². The van der Waals surface area contributed by atoms with E-state index in [-0.39, 0.29) is 11.0 Å². The highest BCUT2D eigenvalue weighted by molar-refractivity contribution is 7.89. The van der Waals surface area contributed by atoms with Gasteiger partial charge in [-0.25, -0.2) is 13.2 Å². The molecule has 21 heavy (non-hydrogen) atoms. The number of hydrogen-bond donors (Lipinski definition) is 1. The second kappa shape index (κ2) is 7.42.